The van der Waals surface area contributed by atoms with Crippen LogP contribution in [0.1, 0.15) is 56.0 Å². The number of likely N-dealkylation sites (tertiary alicyclic amines) is 1. The molecule has 5 atom stereocenters. The van der Waals surface area contributed by atoms with Gasteiger partial charge in [-0.3, -0.25) is 9.79 Å². The van der Waals surface area contributed by atoms with Crippen molar-refractivity contribution in [2.24, 2.45) is 10.9 Å². The fraction of sp³-hybridized carbons (Fsp3) is 0.520. The van der Waals surface area contributed by atoms with Crippen molar-refractivity contribution >= 4 is 17.4 Å². The molecule has 1 aromatic carbocycles. The number of nitrogens with zero attached hydrogens (tertiary/aromatic N) is 4. The molecule has 3 heterocycles. The predicted molar refractivity (Wildman–Crippen MR) is 125 cm³/mol. The van der Waals surface area contributed by atoms with Crippen molar-refractivity contribution in [3.05, 3.63) is 53.0 Å². The first kappa shape index (κ1) is 24.6. The number of carbonyl (C=O) groups is 1. The largest absolute Gasteiger partial charge is 0.391 e. The minimum atomic E-state index is -1.40. The molecule has 2 aromatic rings. The number of benzene rings is 1. The van der Waals surface area contributed by atoms with E-state index in [1.54, 1.807) is 13.8 Å². The number of aliphatic hydroxyl groups is 2. The van der Waals surface area contributed by atoms with Crippen LogP contribution < -0.4 is 5.32 Å². The SMILES string of the molecule is CC(C)(O)[C@H]1C[C@@H](O)[C@H](Nc2ncnc3c2C(C(=O)N2C[C@@H](F)C[C@@H]2c2cc(F)ccc2F)=NC3)C1. The highest BCUT2D eigenvalue weighted by Gasteiger charge is 2.43. The molecule has 1 saturated heterocycles. The first-order valence-electron chi connectivity index (χ1n) is 12.0. The summed E-state index contributed by atoms with van der Waals surface area (Å²) >= 11 is 0. The second-order valence-corrected chi connectivity index (χ2v) is 10.3. The van der Waals surface area contributed by atoms with Gasteiger partial charge in [-0.1, -0.05) is 0 Å². The summed E-state index contributed by atoms with van der Waals surface area (Å²) in [5.74, 6) is -1.85. The predicted octanol–water partition coefficient (Wildman–Crippen LogP) is 2.69. The summed E-state index contributed by atoms with van der Waals surface area (Å²) in [7, 11) is 0. The van der Waals surface area contributed by atoms with Crippen molar-refractivity contribution < 1.29 is 28.2 Å². The van der Waals surface area contributed by atoms with Crippen molar-refractivity contribution in [2.75, 3.05) is 11.9 Å². The van der Waals surface area contributed by atoms with E-state index in [9.17, 15) is 28.2 Å². The molecular weight excluding hydrogens is 475 g/mol. The Hall–Kier alpha value is -3.05. The van der Waals surface area contributed by atoms with E-state index in [2.05, 4.69) is 20.3 Å². The molecule has 3 aliphatic rings. The number of rotatable bonds is 5. The molecule has 1 saturated carbocycles. The number of nitrogens with one attached hydrogen (secondary N) is 1. The number of hydrogen-bond donors (Lipinski definition) is 3. The first-order valence-corrected chi connectivity index (χ1v) is 12.0. The van der Waals surface area contributed by atoms with Gasteiger partial charge in [0.25, 0.3) is 5.91 Å². The molecule has 2 aliphatic heterocycles. The van der Waals surface area contributed by atoms with Gasteiger partial charge in [0.05, 0.1) is 48.1 Å². The van der Waals surface area contributed by atoms with Crippen LogP contribution in [0.15, 0.2) is 29.5 Å². The van der Waals surface area contributed by atoms with E-state index >= 15 is 0 Å². The van der Waals surface area contributed by atoms with Gasteiger partial charge in [0.1, 0.15) is 35.7 Å². The maximum absolute atomic E-state index is 14.5. The fourth-order valence-corrected chi connectivity index (χ4v) is 5.44. The van der Waals surface area contributed by atoms with Crippen LogP contribution in [0, 0.1) is 17.6 Å². The van der Waals surface area contributed by atoms with Crippen LogP contribution in [0.25, 0.3) is 0 Å². The molecule has 192 valence electrons. The van der Waals surface area contributed by atoms with Crippen molar-refractivity contribution in [2.45, 2.75) is 69.6 Å². The van der Waals surface area contributed by atoms with Gasteiger partial charge >= 0.3 is 0 Å². The highest BCUT2D eigenvalue weighted by atomic mass is 19.1. The lowest BCUT2D eigenvalue weighted by molar-refractivity contribution is -0.125. The van der Waals surface area contributed by atoms with Gasteiger partial charge in [-0.05, 0) is 50.8 Å². The van der Waals surface area contributed by atoms with Crippen LogP contribution in [-0.2, 0) is 11.3 Å². The van der Waals surface area contributed by atoms with Crippen LogP contribution in [0.3, 0.4) is 0 Å². The third kappa shape index (κ3) is 4.45. The monoisotopic (exact) mass is 503 g/mol. The van der Waals surface area contributed by atoms with Crippen LogP contribution in [0.4, 0.5) is 19.0 Å². The average Bonchev–Trinajstić information content (AvgIpc) is 3.52. The smallest absolute Gasteiger partial charge is 0.273 e. The fourth-order valence-electron chi connectivity index (χ4n) is 5.44. The number of halogens is 3. The molecule has 5 rings (SSSR count). The van der Waals surface area contributed by atoms with Gasteiger partial charge in [-0.2, -0.15) is 0 Å². The molecule has 1 amide bonds. The number of aliphatic imine (C=N–C) groups is 1. The van der Waals surface area contributed by atoms with Crippen molar-refractivity contribution in [3.8, 4) is 0 Å². The molecule has 0 bridgehead atoms. The lowest BCUT2D eigenvalue weighted by Gasteiger charge is -2.26. The maximum Gasteiger partial charge on any atom is 0.273 e. The molecule has 0 radical (unpaired) electrons. The van der Waals surface area contributed by atoms with Gasteiger partial charge in [-0.15, -0.1) is 0 Å². The van der Waals surface area contributed by atoms with Crippen LogP contribution in [-0.4, -0.2) is 67.2 Å². The minimum absolute atomic E-state index is 0.00976. The molecule has 3 N–H and O–H groups in total. The Bertz CT molecular complexity index is 1220. The number of carbonyl (C=O) groups excluding carboxylic acids is 1. The normalized spacial score (nSPS) is 27.8. The van der Waals surface area contributed by atoms with Gasteiger partial charge < -0.3 is 20.4 Å². The van der Waals surface area contributed by atoms with E-state index < -0.39 is 47.5 Å². The van der Waals surface area contributed by atoms with E-state index in [1.807, 2.05) is 0 Å². The Kier molecular flexibility index (Phi) is 6.24. The molecule has 0 spiro atoms. The molecular formula is C25H28F3N5O3. The summed E-state index contributed by atoms with van der Waals surface area (Å²) in [6.07, 6.45) is -0.0794. The van der Waals surface area contributed by atoms with Gasteiger partial charge in [-0.25, -0.2) is 23.1 Å². The number of aromatic nitrogens is 2. The highest BCUT2D eigenvalue weighted by Crippen LogP contribution is 2.39. The first-order chi connectivity index (χ1) is 17.0. The van der Waals surface area contributed by atoms with Crippen molar-refractivity contribution in [1.82, 2.24) is 14.9 Å². The minimum Gasteiger partial charge on any atom is -0.391 e. The molecule has 2 fully saturated rings. The summed E-state index contributed by atoms with van der Waals surface area (Å²) in [6.45, 7) is 3.23. The summed E-state index contributed by atoms with van der Waals surface area (Å²) in [4.78, 5) is 27.6. The Morgan fingerprint density at radius 1 is 1.19 bits per heavy atom. The number of anilines is 1. The third-order valence-electron chi connectivity index (χ3n) is 7.43. The molecule has 36 heavy (non-hydrogen) atoms. The number of fused-ring (bicyclic) bond motifs is 1. The number of aliphatic hydroxyl groups excluding tert-OH is 1. The maximum atomic E-state index is 14.5. The second-order valence-electron chi connectivity index (χ2n) is 10.3. The number of amides is 1. The molecule has 11 heteroatoms. The zero-order chi connectivity index (χ0) is 25.8. The lowest BCUT2D eigenvalue weighted by Crippen LogP contribution is -2.38. The van der Waals surface area contributed by atoms with Crippen LogP contribution >= 0.6 is 0 Å². The summed E-state index contributed by atoms with van der Waals surface area (Å²) in [5.41, 5.74) is -0.200. The van der Waals surface area contributed by atoms with Crippen molar-refractivity contribution in [1.29, 1.82) is 0 Å². The van der Waals surface area contributed by atoms with Crippen LogP contribution in [0.5, 0.6) is 0 Å². The summed E-state index contributed by atoms with van der Waals surface area (Å²) in [6, 6.07) is 1.51. The van der Waals surface area contributed by atoms with Gasteiger partial charge in [0.15, 0.2) is 0 Å². The third-order valence-corrected chi connectivity index (χ3v) is 7.43. The molecule has 8 nitrogen and oxygen atoms in total. The molecule has 0 unspecified atom stereocenters. The topological polar surface area (TPSA) is 111 Å². The van der Waals surface area contributed by atoms with E-state index in [-0.39, 0.29) is 36.7 Å². The quantitative estimate of drug-likeness (QED) is 0.579. The second kappa shape index (κ2) is 9.11. The van der Waals surface area contributed by atoms with E-state index in [0.717, 1.165) is 18.2 Å². The standard InChI is InChI=1S/C25H28F3N5O3/c1-25(2,36)12-5-17(20(34)6-12)32-23-21-18(30-11-31-23)9-29-22(21)24(35)33-10-14(27)8-19(33)15-7-13(26)3-4-16(15)28/h3-4,7,11-12,14,17,19-20,34,36H,5-6,8-10H2,1-2H3,(H,30,31,32)/t12-,14+,17-,19-,20-/m1/s1. The Labute approximate surface area is 206 Å². The Balaban J connectivity index is 1.43. The van der Waals surface area contributed by atoms with Gasteiger partial charge in [0.2, 0.25) is 0 Å². The summed E-state index contributed by atoms with van der Waals surface area (Å²) < 4.78 is 42.8. The molecule has 1 aromatic heterocycles. The Morgan fingerprint density at radius 2 is 1.97 bits per heavy atom. The van der Waals surface area contributed by atoms with Crippen molar-refractivity contribution in [3.63, 3.8) is 0 Å². The zero-order valence-corrected chi connectivity index (χ0v) is 20.0. The van der Waals surface area contributed by atoms with Crippen LogP contribution in [0.2, 0.25) is 0 Å². The highest BCUT2D eigenvalue weighted by molar-refractivity contribution is 6.47. The number of alkyl halides is 1. The average molecular weight is 504 g/mol. The zero-order valence-electron chi connectivity index (χ0n) is 20.0. The lowest BCUT2D eigenvalue weighted by atomic mass is 9.89. The molecule has 1 aliphatic carbocycles. The van der Waals surface area contributed by atoms with E-state index in [0.29, 0.717) is 29.9 Å². The van der Waals surface area contributed by atoms with Gasteiger partial charge in [0, 0.05) is 12.0 Å². The van der Waals surface area contributed by atoms with E-state index in [1.165, 1.54) is 11.2 Å². The Morgan fingerprint density at radius 3 is 2.69 bits per heavy atom. The van der Waals surface area contributed by atoms with E-state index in [4.69, 9.17) is 0 Å². The summed E-state index contributed by atoms with van der Waals surface area (Å²) in [5, 5.41) is 24.1. The number of hydrogen-bond acceptors (Lipinski definition) is 7.